The number of hydrogen-bond acceptors (Lipinski definition) is 4. The minimum Gasteiger partial charge on any atom is -0.294 e. The number of Topliss-reactive ketones (excluding diaryl/α,β-unsaturated/α-hetero) is 1. The summed E-state index contributed by atoms with van der Waals surface area (Å²) in [6, 6.07) is 6.38. The largest absolute Gasteiger partial charge is 0.416 e. The first-order chi connectivity index (χ1) is 10.6. The van der Waals surface area contributed by atoms with Crippen LogP contribution >= 0.6 is 11.3 Å². The van der Waals surface area contributed by atoms with Gasteiger partial charge in [-0.05, 0) is 48.7 Å². The normalized spacial score (nSPS) is 13.1. The van der Waals surface area contributed by atoms with Crippen molar-refractivity contribution in [3.8, 4) is 0 Å². The summed E-state index contributed by atoms with van der Waals surface area (Å²) >= 11 is 1.24. The molecule has 122 valence electrons. The second kappa shape index (κ2) is 6.29. The predicted octanol–water partition coefficient (Wildman–Crippen LogP) is 4.17. The van der Waals surface area contributed by atoms with Crippen molar-refractivity contribution in [2.75, 3.05) is 0 Å². The molecule has 0 aliphatic carbocycles. The third kappa shape index (κ3) is 3.89. The van der Waals surface area contributed by atoms with Crippen molar-refractivity contribution in [3.63, 3.8) is 0 Å². The summed E-state index contributed by atoms with van der Waals surface area (Å²) in [5.74, 6) is -0.682. The van der Waals surface area contributed by atoms with E-state index in [0.717, 1.165) is 19.1 Å². The van der Waals surface area contributed by atoms with E-state index in [1.807, 2.05) is 0 Å². The molecule has 2 aromatic rings. The van der Waals surface area contributed by atoms with E-state index in [9.17, 15) is 26.4 Å². The summed E-state index contributed by atoms with van der Waals surface area (Å²) in [6.07, 6.45) is -3.33. The Morgan fingerprint density at radius 1 is 1.13 bits per heavy atom. The number of allylic oxidation sites excluding steroid dienone is 1. The smallest absolute Gasteiger partial charge is 0.294 e. The zero-order chi connectivity index (χ0) is 17.3. The molecule has 0 aliphatic rings. The van der Waals surface area contributed by atoms with E-state index in [4.69, 9.17) is 0 Å². The van der Waals surface area contributed by atoms with Gasteiger partial charge in [0.2, 0.25) is 9.84 Å². The van der Waals surface area contributed by atoms with Gasteiger partial charge in [-0.2, -0.15) is 13.2 Å². The highest BCUT2D eigenvalue weighted by molar-refractivity contribution is 7.96. The lowest BCUT2D eigenvalue weighted by Crippen LogP contribution is -2.12. The van der Waals surface area contributed by atoms with Gasteiger partial charge < -0.3 is 0 Å². The second-order valence-electron chi connectivity index (χ2n) is 4.61. The minimum absolute atomic E-state index is 0.358. The molecule has 8 heteroatoms. The standard InChI is InChI=1S/C15H11F3O3S2/c1-10(19)14(9-12-3-2-8-22-12)23(20,21)13-6-4-11(5-7-13)15(16,17)18/h2-9H,1H3. The quantitative estimate of drug-likeness (QED) is 0.769. The van der Waals surface area contributed by atoms with Crippen molar-refractivity contribution in [1.29, 1.82) is 0 Å². The summed E-state index contributed by atoms with van der Waals surface area (Å²) in [5.41, 5.74) is -0.955. The van der Waals surface area contributed by atoms with E-state index in [0.29, 0.717) is 17.0 Å². The summed E-state index contributed by atoms with van der Waals surface area (Å²) in [6.45, 7) is 1.10. The van der Waals surface area contributed by atoms with Gasteiger partial charge in [-0.1, -0.05) is 6.07 Å². The monoisotopic (exact) mass is 360 g/mol. The van der Waals surface area contributed by atoms with Gasteiger partial charge >= 0.3 is 6.18 Å². The van der Waals surface area contributed by atoms with Crippen LogP contribution in [0.2, 0.25) is 0 Å². The minimum atomic E-state index is -4.56. The van der Waals surface area contributed by atoms with Crippen LogP contribution in [0.15, 0.2) is 51.6 Å². The molecule has 1 aromatic heterocycles. The number of benzene rings is 1. The molecule has 0 fully saturated rings. The van der Waals surface area contributed by atoms with Crippen LogP contribution in [0.25, 0.3) is 6.08 Å². The average molecular weight is 360 g/mol. The van der Waals surface area contributed by atoms with Crippen LogP contribution in [-0.4, -0.2) is 14.2 Å². The van der Waals surface area contributed by atoms with E-state index in [1.165, 1.54) is 17.4 Å². The van der Waals surface area contributed by atoms with Gasteiger partial charge in [0.05, 0.1) is 10.5 Å². The molecule has 0 saturated heterocycles. The van der Waals surface area contributed by atoms with Gasteiger partial charge in [-0.15, -0.1) is 11.3 Å². The molecule has 1 aromatic carbocycles. The Hall–Kier alpha value is -1.93. The number of halogens is 3. The Labute approximate surface area is 135 Å². The van der Waals surface area contributed by atoms with E-state index >= 15 is 0 Å². The molecule has 23 heavy (non-hydrogen) atoms. The zero-order valence-corrected chi connectivity index (χ0v) is 13.4. The molecule has 0 unspecified atom stereocenters. The molecule has 1 heterocycles. The third-order valence-electron chi connectivity index (χ3n) is 2.94. The number of alkyl halides is 3. The fourth-order valence-electron chi connectivity index (χ4n) is 1.82. The van der Waals surface area contributed by atoms with Gasteiger partial charge in [-0.3, -0.25) is 4.79 Å². The lowest BCUT2D eigenvalue weighted by Gasteiger charge is -2.09. The lowest BCUT2D eigenvalue weighted by atomic mass is 10.2. The van der Waals surface area contributed by atoms with Crippen LogP contribution in [0.5, 0.6) is 0 Å². The molecule has 3 nitrogen and oxygen atoms in total. The van der Waals surface area contributed by atoms with Crippen LogP contribution in [0.1, 0.15) is 17.4 Å². The number of carbonyl (C=O) groups excluding carboxylic acids is 1. The first-order valence-corrected chi connectivity index (χ1v) is 8.67. The Kier molecular flexibility index (Phi) is 4.76. The highest BCUT2D eigenvalue weighted by atomic mass is 32.2. The van der Waals surface area contributed by atoms with Gasteiger partial charge in [0.15, 0.2) is 5.78 Å². The molecule has 0 aliphatic heterocycles. The van der Waals surface area contributed by atoms with Crippen molar-refractivity contribution in [1.82, 2.24) is 0 Å². The first-order valence-electron chi connectivity index (χ1n) is 6.31. The van der Waals surface area contributed by atoms with Gasteiger partial charge in [0, 0.05) is 4.88 Å². The Morgan fingerprint density at radius 2 is 1.74 bits per heavy atom. The van der Waals surface area contributed by atoms with Crippen LogP contribution in [0.4, 0.5) is 13.2 Å². The molecular weight excluding hydrogens is 349 g/mol. The maximum atomic E-state index is 12.5. The number of thiophene rings is 1. The highest BCUT2D eigenvalue weighted by Gasteiger charge is 2.31. The van der Waals surface area contributed by atoms with Crippen LogP contribution in [0, 0.1) is 0 Å². The fourth-order valence-corrected chi connectivity index (χ4v) is 3.96. The van der Waals surface area contributed by atoms with Gasteiger partial charge in [0.1, 0.15) is 4.91 Å². The second-order valence-corrected chi connectivity index (χ2v) is 7.50. The van der Waals surface area contributed by atoms with E-state index in [-0.39, 0.29) is 4.90 Å². The summed E-state index contributed by atoms with van der Waals surface area (Å²) in [7, 11) is -4.19. The van der Waals surface area contributed by atoms with Crippen molar-refractivity contribution in [3.05, 3.63) is 57.1 Å². The molecule has 0 saturated carbocycles. The predicted molar refractivity (Wildman–Crippen MR) is 81.6 cm³/mol. The van der Waals surface area contributed by atoms with E-state index in [2.05, 4.69) is 0 Å². The van der Waals surface area contributed by atoms with Crippen LogP contribution < -0.4 is 0 Å². The first kappa shape index (κ1) is 17.4. The molecular formula is C15H11F3O3S2. The number of sulfone groups is 1. The maximum Gasteiger partial charge on any atom is 0.416 e. The third-order valence-corrected chi connectivity index (χ3v) is 5.64. The topological polar surface area (TPSA) is 51.2 Å². The van der Waals surface area contributed by atoms with Crippen molar-refractivity contribution in [2.45, 2.75) is 18.0 Å². The molecule has 0 radical (unpaired) electrons. The number of hydrogen-bond donors (Lipinski definition) is 0. The summed E-state index contributed by atoms with van der Waals surface area (Å²) in [4.78, 5) is 11.4. The number of rotatable bonds is 4. The van der Waals surface area contributed by atoms with Crippen LogP contribution in [0.3, 0.4) is 0 Å². The van der Waals surface area contributed by atoms with Crippen molar-refractivity contribution in [2.24, 2.45) is 0 Å². The Bertz CT molecular complexity index is 831. The average Bonchev–Trinajstić information content (AvgIpc) is 2.96. The van der Waals surface area contributed by atoms with E-state index < -0.39 is 32.3 Å². The van der Waals surface area contributed by atoms with Crippen LogP contribution in [-0.2, 0) is 20.8 Å². The molecule has 2 rings (SSSR count). The Morgan fingerprint density at radius 3 is 2.17 bits per heavy atom. The molecule has 0 atom stereocenters. The Balaban J connectivity index is 2.49. The fraction of sp³-hybridized carbons (Fsp3) is 0.133. The summed E-state index contributed by atoms with van der Waals surface area (Å²) in [5, 5.41) is 1.72. The zero-order valence-electron chi connectivity index (χ0n) is 11.8. The SMILES string of the molecule is CC(=O)C(=Cc1cccs1)S(=O)(=O)c1ccc(C(F)(F)F)cc1. The lowest BCUT2D eigenvalue weighted by molar-refractivity contribution is -0.137. The molecule has 0 bridgehead atoms. The van der Waals surface area contributed by atoms with Gasteiger partial charge in [0.25, 0.3) is 0 Å². The van der Waals surface area contributed by atoms with E-state index in [1.54, 1.807) is 17.5 Å². The summed E-state index contributed by atoms with van der Waals surface area (Å²) < 4.78 is 62.6. The maximum absolute atomic E-state index is 12.5. The molecule has 0 spiro atoms. The molecule has 0 N–H and O–H groups in total. The van der Waals surface area contributed by atoms with Gasteiger partial charge in [-0.25, -0.2) is 8.42 Å². The molecule has 0 amide bonds. The van der Waals surface area contributed by atoms with Crippen molar-refractivity contribution < 1.29 is 26.4 Å². The number of carbonyl (C=O) groups is 1. The highest BCUT2D eigenvalue weighted by Crippen LogP contribution is 2.31. The van der Waals surface area contributed by atoms with Crippen molar-refractivity contribution >= 4 is 33.0 Å². The number of ketones is 1.